The average molecular weight is 172 g/mol. The third-order valence-corrected chi connectivity index (χ3v) is 1.30. The second kappa shape index (κ2) is 3.15. The zero-order chi connectivity index (χ0) is 9.19. The number of carbonyl (C=O) groups excluding carboxylic acids is 1. The van der Waals surface area contributed by atoms with Gasteiger partial charge in [-0.05, 0) is 0 Å². The van der Waals surface area contributed by atoms with E-state index in [1.54, 1.807) is 13.8 Å². The molecule has 0 radical (unpaired) electrons. The number of hydrogen-bond donors (Lipinski definition) is 0. The molecule has 4 heteroatoms. The molecule has 0 unspecified atom stereocenters. The maximum absolute atomic E-state index is 10.4. The third kappa shape index (κ3) is 2.54. The van der Waals surface area contributed by atoms with Gasteiger partial charge in [0.1, 0.15) is 12.9 Å². The molecule has 0 atom stereocenters. The van der Waals surface area contributed by atoms with Gasteiger partial charge >= 0.3 is 5.97 Å². The van der Waals surface area contributed by atoms with Crippen molar-refractivity contribution < 1.29 is 19.0 Å². The van der Waals surface area contributed by atoms with Crippen LogP contribution in [-0.4, -0.2) is 18.4 Å². The lowest BCUT2D eigenvalue weighted by molar-refractivity contribution is -0.136. The second-order valence-electron chi connectivity index (χ2n) is 2.98. The minimum atomic E-state index is -0.605. The molecule has 0 aromatic rings. The Labute approximate surface area is 71.1 Å². The highest BCUT2D eigenvalue weighted by Crippen LogP contribution is 2.24. The number of esters is 1. The Bertz CT molecular complexity index is 217. The summed E-state index contributed by atoms with van der Waals surface area (Å²) in [5, 5.41) is 0. The van der Waals surface area contributed by atoms with Gasteiger partial charge in [-0.15, -0.1) is 0 Å². The fourth-order valence-corrected chi connectivity index (χ4v) is 0.826. The van der Waals surface area contributed by atoms with Crippen molar-refractivity contribution in [2.45, 2.75) is 26.6 Å². The standard InChI is InChI=1S/C8H12O4/c1-6(9)10-4-7-5-11-8(2,3)12-7/h4H,5H2,1-3H3/b7-4-. The van der Waals surface area contributed by atoms with Crippen molar-refractivity contribution in [3.63, 3.8) is 0 Å². The molecule has 0 amide bonds. The molecule has 0 spiro atoms. The van der Waals surface area contributed by atoms with Gasteiger partial charge in [-0.2, -0.15) is 0 Å². The van der Waals surface area contributed by atoms with E-state index in [1.807, 2.05) is 0 Å². The summed E-state index contributed by atoms with van der Waals surface area (Å²) < 4.78 is 15.1. The second-order valence-corrected chi connectivity index (χ2v) is 2.98. The summed E-state index contributed by atoms with van der Waals surface area (Å²) in [7, 11) is 0. The minimum Gasteiger partial charge on any atom is -0.462 e. The lowest BCUT2D eigenvalue weighted by Crippen LogP contribution is -2.18. The summed E-state index contributed by atoms with van der Waals surface area (Å²) in [5.74, 6) is -0.433. The molecule has 4 nitrogen and oxygen atoms in total. The van der Waals surface area contributed by atoms with E-state index >= 15 is 0 Å². The van der Waals surface area contributed by atoms with Gasteiger partial charge in [0.15, 0.2) is 5.76 Å². The van der Waals surface area contributed by atoms with Crippen LogP contribution in [0.1, 0.15) is 20.8 Å². The number of rotatable bonds is 1. The Kier molecular flexibility index (Phi) is 2.38. The van der Waals surface area contributed by atoms with Gasteiger partial charge in [0.25, 0.3) is 0 Å². The molecule has 1 heterocycles. The van der Waals surface area contributed by atoms with Crippen LogP contribution in [0, 0.1) is 0 Å². The molecule has 1 aliphatic rings. The predicted molar refractivity (Wildman–Crippen MR) is 41.0 cm³/mol. The summed E-state index contributed by atoms with van der Waals surface area (Å²) in [6, 6.07) is 0. The Morgan fingerprint density at radius 2 is 2.33 bits per heavy atom. The average Bonchev–Trinajstić information content (AvgIpc) is 2.26. The zero-order valence-corrected chi connectivity index (χ0v) is 7.42. The van der Waals surface area contributed by atoms with Gasteiger partial charge < -0.3 is 14.2 Å². The zero-order valence-electron chi connectivity index (χ0n) is 7.42. The predicted octanol–water partition coefficient (Wildman–Crippen LogP) is 1.17. The van der Waals surface area contributed by atoms with Crippen LogP contribution in [0.25, 0.3) is 0 Å². The van der Waals surface area contributed by atoms with Crippen LogP contribution in [0.5, 0.6) is 0 Å². The number of hydrogen-bond acceptors (Lipinski definition) is 4. The van der Waals surface area contributed by atoms with Crippen LogP contribution in [0.2, 0.25) is 0 Å². The van der Waals surface area contributed by atoms with E-state index in [9.17, 15) is 4.79 Å². The number of ether oxygens (including phenoxy) is 3. The normalized spacial score (nSPS) is 23.8. The summed E-state index contributed by atoms with van der Waals surface area (Å²) in [4.78, 5) is 10.4. The van der Waals surface area contributed by atoms with E-state index in [0.717, 1.165) is 0 Å². The first-order chi connectivity index (χ1) is 5.49. The van der Waals surface area contributed by atoms with Gasteiger partial charge in [-0.25, -0.2) is 0 Å². The molecule has 68 valence electrons. The van der Waals surface area contributed by atoms with Crippen molar-refractivity contribution in [3.05, 3.63) is 12.0 Å². The van der Waals surface area contributed by atoms with E-state index in [1.165, 1.54) is 13.2 Å². The molecule has 12 heavy (non-hydrogen) atoms. The van der Waals surface area contributed by atoms with Crippen LogP contribution in [0.4, 0.5) is 0 Å². The lowest BCUT2D eigenvalue weighted by atomic mass is 10.4. The highest BCUT2D eigenvalue weighted by atomic mass is 16.7. The van der Waals surface area contributed by atoms with Crippen molar-refractivity contribution in [2.75, 3.05) is 6.61 Å². The van der Waals surface area contributed by atoms with Crippen molar-refractivity contribution in [3.8, 4) is 0 Å². The van der Waals surface area contributed by atoms with Crippen molar-refractivity contribution >= 4 is 5.97 Å². The van der Waals surface area contributed by atoms with Gasteiger partial charge in [0, 0.05) is 20.8 Å². The summed E-state index contributed by atoms with van der Waals surface area (Å²) >= 11 is 0. The smallest absolute Gasteiger partial charge is 0.307 e. The van der Waals surface area contributed by atoms with Gasteiger partial charge in [-0.3, -0.25) is 4.79 Å². The fraction of sp³-hybridized carbons (Fsp3) is 0.625. The highest BCUT2D eigenvalue weighted by Gasteiger charge is 2.29. The lowest BCUT2D eigenvalue weighted by Gasteiger charge is -2.14. The Morgan fingerprint density at radius 3 is 2.75 bits per heavy atom. The SMILES string of the molecule is CC(=O)O/C=C1/COC(C)(C)O1. The Hall–Kier alpha value is -1.03. The van der Waals surface area contributed by atoms with Crippen molar-refractivity contribution in [1.82, 2.24) is 0 Å². The Balaban J connectivity index is 2.46. The first kappa shape index (κ1) is 9.06. The van der Waals surface area contributed by atoms with Crippen molar-refractivity contribution in [2.24, 2.45) is 0 Å². The minimum absolute atomic E-state index is 0.347. The fourth-order valence-electron chi connectivity index (χ4n) is 0.826. The van der Waals surface area contributed by atoms with Gasteiger partial charge in [0.05, 0.1) is 0 Å². The van der Waals surface area contributed by atoms with Crippen LogP contribution in [-0.2, 0) is 19.0 Å². The third-order valence-electron chi connectivity index (χ3n) is 1.30. The van der Waals surface area contributed by atoms with E-state index < -0.39 is 5.79 Å². The maximum atomic E-state index is 10.4. The topological polar surface area (TPSA) is 44.8 Å². The van der Waals surface area contributed by atoms with Crippen LogP contribution >= 0.6 is 0 Å². The van der Waals surface area contributed by atoms with Crippen LogP contribution < -0.4 is 0 Å². The summed E-state index contributed by atoms with van der Waals surface area (Å²) in [6.45, 7) is 5.27. The van der Waals surface area contributed by atoms with Crippen molar-refractivity contribution in [1.29, 1.82) is 0 Å². The van der Waals surface area contributed by atoms with E-state index in [4.69, 9.17) is 9.47 Å². The van der Waals surface area contributed by atoms with Gasteiger partial charge in [-0.1, -0.05) is 0 Å². The molecule has 0 bridgehead atoms. The molecule has 1 rings (SSSR count). The highest BCUT2D eigenvalue weighted by molar-refractivity contribution is 5.66. The molecule has 0 N–H and O–H groups in total. The van der Waals surface area contributed by atoms with Crippen LogP contribution in [0.3, 0.4) is 0 Å². The maximum Gasteiger partial charge on any atom is 0.307 e. The summed E-state index contributed by atoms with van der Waals surface area (Å²) in [5.41, 5.74) is 0. The van der Waals surface area contributed by atoms with E-state index in [-0.39, 0.29) is 5.97 Å². The molecule has 1 aliphatic heterocycles. The number of carbonyl (C=O) groups is 1. The van der Waals surface area contributed by atoms with E-state index in [0.29, 0.717) is 12.4 Å². The largest absolute Gasteiger partial charge is 0.462 e. The Morgan fingerprint density at radius 1 is 1.67 bits per heavy atom. The monoisotopic (exact) mass is 172 g/mol. The first-order valence-corrected chi connectivity index (χ1v) is 3.69. The van der Waals surface area contributed by atoms with Crippen LogP contribution in [0.15, 0.2) is 12.0 Å². The first-order valence-electron chi connectivity index (χ1n) is 3.69. The molecule has 1 saturated heterocycles. The molecule has 0 aromatic heterocycles. The molecular weight excluding hydrogens is 160 g/mol. The molecule has 0 aliphatic carbocycles. The van der Waals surface area contributed by atoms with E-state index in [2.05, 4.69) is 4.74 Å². The molecule has 0 aromatic carbocycles. The molecular formula is C8H12O4. The molecule has 0 saturated carbocycles. The summed E-state index contributed by atoms with van der Waals surface area (Å²) in [6.07, 6.45) is 1.27. The molecule has 1 fully saturated rings. The quantitative estimate of drug-likeness (QED) is 0.440. The van der Waals surface area contributed by atoms with Gasteiger partial charge in [0.2, 0.25) is 5.79 Å².